The van der Waals surface area contributed by atoms with E-state index in [4.69, 9.17) is 6.42 Å². The quantitative estimate of drug-likeness (QED) is 0.447. The Kier molecular flexibility index (Phi) is 5.33. The molecule has 0 saturated carbocycles. The first-order valence-electron chi connectivity index (χ1n) is 9.49. The van der Waals surface area contributed by atoms with Gasteiger partial charge < -0.3 is 4.57 Å². The molecule has 0 N–H and O–H groups in total. The predicted octanol–water partition coefficient (Wildman–Crippen LogP) is 6.86. The number of rotatable bonds is 5. The maximum absolute atomic E-state index is 5.91. The molecule has 1 unspecified atom stereocenters. The highest BCUT2D eigenvalue weighted by Crippen LogP contribution is 2.32. The van der Waals surface area contributed by atoms with E-state index in [1.54, 1.807) is 0 Å². The summed E-state index contributed by atoms with van der Waals surface area (Å²) in [4.78, 5) is 0. The Morgan fingerprint density at radius 1 is 1.12 bits per heavy atom. The summed E-state index contributed by atoms with van der Waals surface area (Å²) in [6.07, 6.45) is 12.4. The molecule has 0 aliphatic heterocycles. The van der Waals surface area contributed by atoms with Crippen LogP contribution in [0.2, 0.25) is 0 Å². The largest absolute Gasteiger partial charge is 0.309 e. The van der Waals surface area contributed by atoms with Gasteiger partial charge in [0.2, 0.25) is 0 Å². The van der Waals surface area contributed by atoms with E-state index in [1.807, 2.05) is 0 Å². The van der Waals surface area contributed by atoms with Crippen LogP contribution in [0.25, 0.3) is 22.7 Å². The van der Waals surface area contributed by atoms with Crippen molar-refractivity contribution in [1.29, 1.82) is 0 Å². The van der Waals surface area contributed by atoms with E-state index in [0.29, 0.717) is 5.92 Å². The minimum absolute atomic E-state index is 0.578. The summed E-state index contributed by atoms with van der Waals surface area (Å²) in [6.45, 7) is 8.76. The average Bonchev–Trinajstić information content (AvgIpc) is 2.98. The fourth-order valence-electron chi connectivity index (χ4n) is 3.43. The van der Waals surface area contributed by atoms with Gasteiger partial charge in [-0.25, -0.2) is 0 Å². The minimum atomic E-state index is 0.578. The molecule has 3 aromatic rings. The Morgan fingerprint density at radius 2 is 1.85 bits per heavy atom. The Morgan fingerprint density at radius 3 is 2.46 bits per heavy atom. The number of terminal acetylenes is 1. The van der Waals surface area contributed by atoms with Gasteiger partial charge in [0.15, 0.2) is 0 Å². The first kappa shape index (κ1) is 18.1. The molecule has 0 saturated heterocycles. The maximum atomic E-state index is 5.91. The Hall–Kier alpha value is -2.72. The maximum Gasteiger partial charge on any atom is 0.0622 e. The monoisotopic (exact) mass is 341 g/mol. The van der Waals surface area contributed by atoms with Crippen molar-refractivity contribution in [3.05, 3.63) is 70.9 Å². The van der Waals surface area contributed by atoms with Crippen LogP contribution in [0.3, 0.4) is 0 Å². The van der Waals surface area contributed by atoms with Crippen molar-refractivity contribution >= 4 is 17.0 Å². The number of hydrogen-bond acceptors (Lipinski definition) is 0. The molecule has 3 rings (SSSR count). The Balaban J connectivity index is 2.27. The molecule has 1 heterocycles. The Labute approximate surface area is 157 Å². The second-order valence-electron chi connectivity index (χ2n) is 6.97. The first-order chi connectivity index (χ1) is 12.6. The van der Waals surface area contributed by atoms with E-state index >= 15 is 0 Å². The predicted molar refractivity (Wildman–Crippen MR) is 114 cm³/mol. The van der Waals surface area contributed by atoms with E-state index < -0.39 is 0 Å². The lowest BCUT2D eigenvalue weighted by Crippen LogP contribution is -1.99. The number of allylic oxidation sites excluding steroid dienone is 1. The van der Waals surface area contributed by atoms with Crippen molar-refractivity contribution in [1.82, 2.24) is 4.57 Å². The standard InChI is InChI=1S/C25H27N/c1-6-9-10-24-22(8-3)23-17-18(4)11-16-25(23)26(24)21-14-12-20(13-15-21)19(5)7-2/h3,9-17,19H,6-7H2,1-2,4-5H3/b10-9-. The molecule has 2 aromatic carbocycles. The summed E-state index contributed by atoms with van der Waals surface area (Å²) in [5.74, 6) is 3.51. The molecule has 1 atom stereocenters. The number of aromatic nitrogens is 1. The molecule has 0 spiro atoms. The third-order valence-corrected chi connectivity index (χ3v) is 5.15. The highest BCUT2D eigenvalue weighted by molar-refractivity contribution is 5.93. The molecule has 0 bridgehead atoms. The van der Waals surface area contributed by atoms with Gasteiger partial charge >= 0.3 is 0 Å². The van der Waals surface area contributed by atoms with Crippen LogP contribution < -0.4 is 0 Å². The number of nitrogens with zero attached hydrogens (tertiary/aromatic N) is 1. The fourth-order valence-corrected chi connectivity index (χ4v) is 3.43. The van der Waals surface area contributed by atoms with Crippen LogP contribution >= 0.6 is 0 Å². The molecule has 0 aliphatic carbocycles. The number of aryl methyl sites for hydroxylation is 1. The Bertz CT molecular complexity index is 978. The van der Waals surface area contributed by atoms with Gasteiger partial charge in [-0.15, -0.1) is 6.42 Å². The van der Waals surface area contributed by atoms with E-state index in [0.717, 1.165) is 40.7 Å². The third-order valence-electron chi connectivity index (χ3n) is 5.15. The highest BCUT2D eigenvalue weighted by atomic mass is 15.0. The zero-order valence-corrected chi connectivity index (χ0v) is 16.2. The van der Waals surface area contributed by atoms with Crippen molar-refractivity contribution < 1.29 is 0 Å². The van der Waals surface area contributed by atoms with E-state index in [-0.39, 0.29) is 0 Å². The lowest BCUT2D eigenvalue weighted by Gasteiger charge is -2.13. The van der Waals surface area contributed by atoms with Gasteiger partial charge in [-0.1, -0.05) is 56.5 Å². The molecule has 0 radical (unpaired) electrons. The van der Waals surface area contributed by atoms with E-state index in [1.165, 1.54) is 11.1 Å². The summed E-state index contributed by atoms with van der Waals surface area (Å²) in [7, 11) is 0. The molecule has 26 heavy (non-hydrogen) atoms. The first-order valence-corrected chi connectivity index (χ1v) is 9.49. The molecule has 1 nitrogen and oxygen atoms in total. The zero-order valence-electron chi connectivity index (χ0n) is 16.2. The van der Waals surface area contributed by atoms with Crippen LogP contribution in [0, 0.1) is 19.3 Å². The normalized spacial score (nSPS) is 12.6. The van der Waals surface area contributed by atoms with Crippen molar-refractivity contribution in [3.63, 3.8) is 0 Å². The SMILES string of the molecule is C#Cc1c(/C=C\CC)n(-c2ccc(C(C)CC)cc2)c2ccc(C)cc12. The van der Waals surface area contributed by atoms with Crippen molar-refractivity contribution in [2.24, 2.45) is 0 Å². The van der Waals surface area contributed by atoms with Crippen LogP contribution in [0.1, 0.15) is 61.9 Å². The third kappa shape index (κ3) is 3.20. The summed E-state index contributed by atoms with van der Waals surface area (Å²) < 4.78 is 2.29. The minimum Gasteiger partial charge on any atom is -0.309 e. The van der Waals surface area contributed by atoms with Gasteiger partial charge in [0.25, 0.3) is 0 Å². The molecular weight excluding hydrogens is 314 g/mol. The van der Waals surface area contributed by atoms with Crippen molar-refractivity contribution in [2.45, 2.75) is 46.5 Å². The summed E-state index contributed by atoms with van der Waals surface area (Å²) in [5.41, 5.74) is 6.99. The summed E-state index contributed by atoms with van der Waals surface area (Å²) in [6, 6.07) is 15.4. The molecule has 0 fully saturated rings. The van der Waals surface area contributed by atoms with Crippen LogP contribution in [0.4, 0.5) is 0 Å². The van der Waals surface area contributed by atoms with Crippen molar-refractivity contribution in [2.75, 3.05) is 0 Å². The zero-order chi connectivity index (χ0) is 18.7. The van der Waals surface area contributed by atoms with Crippen molar-refractivity contribution in [3.8, 4) is 18.0 Å². The van der Waals surface area contributed by atoms with Crippen LogP contribution in [-0.2, 0) is 0 Å². The van der Waals surface area contributed by atoms with Crippen LogP contribution in [0.5, 0.6) is 0 Å². The topological polar surface area (TPSA) is 4.93 Å². The van der Waals surface area contributed by atoms with Gasteiger partial charge in [-0.3, -0.25) is 0 Å². The fraction of sp³-hybridized carbons (Fsp3) is 0.280. The molecular formula is C25H27N. The highest BCUT2D eigenvalue weighted by Gasteiger charge is 2.16. The van der Waals surface area contributed by atoms with Crippen LogP contribution in [0.15, 0.2) is 48.5 Å². The van der Waals surface area contributed by atoms with Gasteiger partial charge in [0.05, 0.1) is 16.8 Å². The molecule has 1 aromatic heterocycles. The van der Waals surface area contributed by atoms with Gasteiger partial charge in [-0.05, 0) is 61.6 Å². The lowest BCUT2D eigenvalue weighted by atomic mass is 9.98. The smallest absolute Gasteiger partial charge is 0.0622 e. The lowest BCUT2D eigenvalue weighted by molar-refractivity contribution is 0.733. The summed E-state index contributed by atoms with van der Waals surface area (Å²) >= 11 is 0. The second kappa shape index (κ2) is 7.67. The number of hydrogen-bond donors (Lipinski definition) is 0. The summed E-state index contributed by atoms with van der Waals surface area (Å²) in [5, 5.41) is 1.15. The van der Waals surface area contributed by atoms with E-state index in [9.17, 15) is 0 Å². The van der Waals surface area contributed by atoms with E-state index in [2.05, 4.69) is 92.8 Å². The molecule has 1 heteroatoms. The molecule has 0 amide bonds. The second-order valence-corrected chi connectivity index (χ2v) is 6.97. The van der Waals surface area contributed by atoms with Gasteiger partial charge in [-0.2, -0.15) is 0 Å². The number of benzene rings is 2. The van der Waals surface area contributed by atoms with Gasteiger partial charge in [0.1, 0.15) is 0 Å². The average molecular weight is 341 g/mol. The van der Waals surface area contributed by atoms with Crippen LogP contribution in [-0.4, -0.2) is 4.57 Å². The van der Waals surface area contributed by atoms with Gasteiger partial charge in [0, 0.05) is 11.1 Å². The number of fused-ring (bicyclic) bond motifs is 1. The molecule has 0 aliphatic rings. The molecule has 132 valence electrons.